The van der Waals surface area contributed by atoms with E-state index in [9.17, 15) is 4.79 Å². The largest absolute Gasteiger partial charge is 0.374 e. The third-order valence-corrected chi connectivity index (χ3v) is 5.04. The first-order chi connectivity index (χ1) is 11.6. The van der Waals surface area contributed by atoms with Gasteiger partial charge in [0.1, 0.15) is 6.10 Å². The van der Waals surface area contributed by atoms with Crippen molar-refractivity contribution in [2.45, 2.75) is 38.0 Å². The number of hydrogen-bond acceptors (Lipinski definition) is 4. The molecule has 0 spiro atoms. The lowest BCUT2D eigenvalue weighted by atomic mass is 10.0. The molecule has 1 heterocycles. The Balaban J connectivity index is 1.67. The van der Waals surface area contributed by atoms with Gasteiger partial charge >= 0.3 is 0 Å². The molecule has 0 aromatic heterocycles. The minimum atomic E-state index is 0.00822. The summed E-state index contributed by atoms with van der Waals surface area (Å²) in [7, 11) is 4.08. The Bertz CT molecular complexity index is 575. The molecule has 132 valence electrons. The van der Waals surface area contributed by atoms with Crippen LogP contribution in [0.4, 0.5) is 0 Å². The summed E-state index contributed by atoms with van der Waals surface area (Å²) in [5.41, 5.74) is 1.83. The predicted molar refractivity (Wildman–Crippen MR) is 93.3 cm³/mol. The first-order valence-electron chi connectivity index (χ1n) is 8.82. The Morgan fingerprint density at radius 2 is 2.12 bits per heavy atom. The minimum Gasteiger partial charge on any atom is -0.374 e. The molecule has 3 atom stereocenters. The molecule has 1 aliphatic carbocycles. The van der Waals surface area contributed by atoms with Gasteiger partial charge in [-0.2, -0.15) is 0 Å². The third-order valence-electron chi connectivity index (χ3n) is 5.04. The summed E-state index contributed by atoms with van der Waals surface area (Å²) in [5, 5.41) is 0. The van der Waals surface area contributed by atoms with E-state index in [1.807, 2.05) is 50.2 Å². The maximum absolute atomic E-state index is 13.0. The molecule has 24 heavy (non-hydrogen) atoms. The first-order valence-corrected chi connectivity index (χ1v) is 8.82. The van der Waals surface area contributed by atoms with E-state index in [1.54, 1.807) is 0 Å². The fourth-order valence-electron chi connectivity index (χ4n) is 3.70. The van der Waals surface area contributed by atoms with Crippen molar-refractivity contribution in [1.82, 2.24) is 9.80 Å². The van der Waals surface area contributed by atoms with Crippen molar-refractivity contribution in [3.63, 3.8) is 0 Å². The van der Waals surface area contributed by atoms with Gasteiger partial charge in [-0.05, 0) is 45.5 Å². The number of likely N-dealkylation sites (N-methyl/N-ethyl adjacent to an activating group) is 1. The highest BCUT2D eigenvalue weighted by molar-refractivity contribution is 5.96. The monoisotopic (exact) mass is 332 g/mol. The van der Waals surface area contributed by atoms with Crippen molar-refractivity contribution in [1.29, 1.82) is 0 Å². The van der Waals surface area contributed by atoms with Gasteiger partial charge in [0.05, 0.1) is 25.4 Å². The van der Waals surface area contributed by atoms with E-state index in [0.717, 1.165) is 30.5 Å². The summed E-state index contributed by atoms with van der Waals surface area (Å²) >= 11 is 0. The molecule has 3 rings (SSSR count). The van der Waals surface area contributed by atoms with E-state index in [0.29, 0.717) is 19.8 Å². The van der Waals surface area contributed by atoms with E-state index < -0.39 is 0 Å². The average molecular weight is 332 g/mol. The van der Waals surface area contributed by atoms with Crippen LogP contribution >= 0.6 is 0 Å². The maximum atomic E-state index is 13.0. The number of nitrogens with zero attached hydrogens (tertiary/aromatic N) is 2. The zero-order valence-corrected chi connectivity index (χ0v) is 14.9. The molecule has 0 unspecified atom stereocenters. The smallest absolute Gasteiger partial charge is 0.254 e. The highest BCUT2D eigenvalue weighted by Gasteiger charge is 2.45. The van der Waals surface area contributed by atoms with Crippen molar-refractivity contribution in [2.24, 2.45) is 0 Å². The number of benzene rings is 1. The lowest BCUT2D eigenvalue weighted by Gasteiger charge is -2.39. The minimum absolute atomic E-state index is 0.00822. The number of carbonyl (C=O) groups is 1. The maximum Gasteiger partial charge on any atom is 0.254 e. The van der Waals surface area contributed by atoms with Crippen molar-refractivity contribution in [3.05, 3.63) is 35.4 Å². The zero-order chi connectivity index (χ0) is 17.1. The lowest BCUT2D eigenvalue weighted by molar-refractivity contribution is -0.105. The quantitative estimate of drug-likeness (QED) is 0.826. The predicted octanol–water partition coefficient (Wildman–Crippen LogP) is 1.95. The van der Waals surface area contributed by atoms with Gasteiger partial charge in [-0.25, -0.2) is 0 Å². The molecule has 2 aliphatic rings. The fourth-order valence-corrected chi connectivity index (χ4v) is 3.70. The fraction of sp³-hybridized carbons (Fsp3) is 0.632. The molecule has 5 nitrogen and oxygen atoms in total. The number of morpholine rings is 1. The van der Waals surface area contributed by atoms with Gasteiger partial charge in [0, 0.05) is 18.7 Å². The van der Waals surface area contributed by atoms with Crippen LogP contribution in [0.15, 0.2) is 24.3 Å². The number of ether oxygens (including phenoxy) is 2. The van der Waals surface area contributed by atoms with Crippen LogP contribution in [0.2, 0.25) is 0 Å². The van der Waals surface area contributed by atoms with Crippen LogP contribution in [0.3, 0.4) is 0 Å². The van der Waals surface area contributed by atoms with Crippen molar-refractivity contribution in [3.8, 4) is 0 Å². The number of carbonyl (C=O) groups excluding carboxylic acids is 1. The molecule has 1 saturated carbocycles. The van der Waals surface area contributed by atoms with Crippen molar-refractivity contribution >= 4 is 5.91 Å². The van der Waals surface area contributed by atoms with Crippen LogP contribution in [-0.2, 0) is 9.47 Å². The van der Waals surface area contributed by atoms with E-state index in [-0.39, 0.29) is 24.2 Å². The summed E-state index contributed by atoms with van der Waals surface area (Å²) in [6.07, 6.45) is 2.02. The second kappa shape index (κ2) is 7.64. The van der Waals surface area contributed by atoms with Crippen molar-refractivity contribution < 1.29 is 14.3 Å². The van der Waals surface area contributed by atoms with Crippen LogP contribution in [-0.4, -0.2) is 74.4 Å². The molecule has 0 N–H and O–H groups in total. The highest BCUT2D eigenvalue weighted by Crippen LogP contribution is 2.33. The van der Waals surface area contributed by atoms with Gasteiger partial charge in [-0.15, -0.1) is 0 Å². The number of fused-ring (bicyclic) bond motifs is 1. The molecule has 1 aromatic carbocycles. The number of amides is 1. The summed E-state index contributed by atoms with van der Waals surface area (Å²) < 4.78 is 12.0. The second-order valence-electron chi connectivity index (χ2n) is 7.01. The Hall–Kier alpha value is -1.43. The molecule has 2 fully saturated rings. The highest BCUT2D eigenvalue weighted by atomic mass is 16.5. The Kier molecular flexibility index (Phi) is 5.54. The molecular formula is C19H28N2O3. The normalized spacial score (nSPS) is 26.7. The molecule has 1 aliphatic heterocycles. The Morgan fingerprint density at radius 1 is 1.33 bits per heavy atom. The summed E-state index contributed by atoms with van der Waals surface area (Å²) in [5.74, 6) is 0.125. The third kappa shape index (κ3) is 3.63. The molecule has 5 heteroatoms. The topological polar surface area (TPSA) is 42.0 Å². The number of rotatable bonds is 5. The number of hydrogen-bond donors (Lipinski definition) is 0. The number of aryl methyl sites for hydroxylation is 1. The first kappa shape index (κ1) is 17.4. The van der Waals surface area contributed by atoms with Gasteiger partial charge in [-0.1, -0.05) is 18.2 Å². The molecule has 1 aromatic rings. The summed E-state index contributed by atoms with van der Waals surface area (Å²) in [4.78, 5) is 17.1. The lowest BCUT2D eigenvalue weighted by Crippen LogP contribution is -2.54. The molecule has 0 bridgehead atoms. The van der Waals surface area contributed by atoms with Gasteiger partial charge in [0.15, 0.2) is 0 Å². The zero-order valence-electron chi connectivity index (χ0n) is 14.9. The van der Waals surface area contributed by atoms with E-state index in [4.69, 9.17) is 9.47 Å². The SMILES string of the molecule is Cc1ccccc1C(=O)N1CCO[C@H]2[C@H](OCCN(C)C)CC[C@@H]21. The van der Waals surface area contributed by atoms with Crippen LogP contribution in [0.25, 0.3) is 0 Å². The van der Waals surface area contributed by atoms with Crippen molar-refractivity contribution in [2.75, 3.05) is 40.4 Å². The van der Waals surface area contributed by atoms with Crippen LogP contribution in [0, 0.1) is 6.92 Å². The van der Waals surface area contributed by atoms with Gasteiger partial charge in [0.25, 0.3) is 5.91 Å². The van der Waals surface area contributed by atoms with Gasteiger partial charge in [0.2, 0.25) is 0 Å². The van der Waals surface area contributed by atoms with Crippen LogP contribution in [0.1, 0.15) is 28.8 Å². The van der Waals surface area contributed by atoms with Gasteiger partial charge in [-0.3, -0.25) is 4.79 Å². The van der Waals surface area contributed by atoms with Crippen LogP contribution < -0.4 is 0 Å². The van der Waals surface area contributed by atoms with Crippen LogP contribution in [0.5, 0.6) is 0 Å². The molecule has 1 saturated heterocycles. The molecule has 1 amide bonds. The average Bonchev–Trinajstić information content (AvgIpc) is 2.98. The molecule has 0 radical (unpaired) electrons. The summed E-state index contributed by atoms with van der Waals surface area (Å²) in [6.45, 7) is 4.85. The summed E-state index contributed by atoms with van der Waals surface area (Å²) in [6, 6.07) is 7.95. The second-order valence-corrected chi connectivity index (χ2v) is 7.01. The molecular weight excluding hydrogens is 304 g/mol. The Labute approximate surface area is 144 Å². The Morgan fingerprint density at radius 3 is 2.88 bits per heavy atom. The van der Waals surface area contributed by atoms with E-state index >= 15 is 0 Å². The van der Waals surface area contributed by atoms with Gasteiger partial charge < -0.3 is 19.3 Å². The van der Waals surface area contributed by atoms with E-state index in [2.05, 4.69) is 4.90 Å². The standard InChI is InChI=1S/C19H28N2O3/c1-14-6-4-5-7-15(14)19(22)21-11-13-24-18-16(21)8-9-17(18)23-12-10-20(2)3/h4-7,16-18H,8-13H2,1-3H3/t16-,17+,18+/m0/s1. The van der Waals surface area contributed by atoms with E-state index in [1.165, 1.54) is 0 Å².